The van der Waals surface area contributed by atoms with E-state index in [0.29, 0.717) is 12.1 Å². The van der Waals surface area contributed by atoms with Gasteiger partial charge in [0.2, 0.25) is 0 Å². The first-order valence-corrected chi connectivity index (χ1v) is 8.35. The third kappa shape index (κ3) is 3.83. The molecule has 1 aromatic heterocycles. The number of amides is 1. The second-order valence-corrected chi connectivity index (χ2v) is 6.10. The van der Waals surface area contributed by atoms with Crippen molar-refractivity contribution in [3.05, 3.63) is 47.3 Å². The van der Waals surface area contributed by atoms with Gasteiger partial charge >= 0.3 is 0 Å². The maximum atomic E-state index is 12.4. The molecule has 1 amide bonds. The van der Waals surface area contributed by atoms with E-state index in [2.05, 4.69) is 15.3 Å². The van der Waals surface area contributed by atoms with Gasteiger partial charge in [-0.3, -0.25) is 9.69 Å². The predicted molar refractivity (Wildman–Crippen MR) is 92.6 cm³/mol. The fraction of sp³-hybridized carbons (Fsp3) is 0.444. The van der Waals surface area contributed by atoms with Crippen LogP contribution in [0.5, 0.6) is 0 Å². The van der Waals surface area contributed by atoms with Crippen molar-refractivity contribution in [2.24, 2.45) is 0 Å². The van der Waals surface area contributed by atoms with Crippen molar-refractivity contribution >= 4 is 5.91 Å². The van der Waals surface area contributed by atoms with E-state index in [4.69, 9.17) is 4.74 Å². The maximum Gasteiger partial charge on any atom is 0.254 e. The molecule has 128 valence electrons. The summed E-state index contributed by atoms with van der Waals surface area (Å²) in [5, 5.41) is 7.35. The van der Waals surface area contributed by atoms with E-state index in [1.54, 1.807) is 10.9 Å². The SMILES string of the molecule is Cc1ccc(-n2ncc(C(=O)NCCN3CCOCC3)c2C)cc1. The molecule has 0 spiro atoms. The lowest BCUT2D eigenvalue weighted by Crippen LogP contribution is -2.41. The van der Waals surface area contributed by atoms with E-state index in [1.807, 2.05) is 38.1 Å². The molecule has 0 saturated carbocycles. The molecule has 0 bridgehead atoms. The number of hydrogen-bond donors (Lipinski definition) is 1. The van der Waals surface area contributed by atoms with Crippen molar-refractivity contribution in [3.8, 4) is 5.69 Å². The lowest BCUT2D eigenvalue weighted by molar-refractivity contribution is 0.0383. The number of benzene rings is 1. The van der Waals surface area contributed by atoms with Crippen molar-refractivity contribution in [1.29, 1.82) is 0 Å². The Morgan fingerprint density at radius 1 is 1.21 bits per heavy atom. The number of hydrogen-bond acceptors (Lipinski definition) is 4. The van der Waals surface area contributed by atoms with Gasteiger partial charge in [0.05, 0.1) is 36.4 Å². The Balaban J connectivity index is 1.60. The molecule has 6 heteroatoms. The Morgan fingerprint density at radius 3 is 2.62 bits per heavy atom. The van der Waals surface area contributed by atoms with Gasteiger partial charge in [-0.2, -0.15) is 5.10 Å². The summed E-state index contributed by atoms with van der Waals surface area (Å²) < 4.78 is 7.13. The number of aromatic nitrogens is 2. The number of rotatable bonds is 5. The molecular formula is C18H24N4O2. The van der Waals surface area contributed by atoms with Gasteiger partial charge in [0, 0.05) is 26.2 Å². The largest absolute Gasteiger partial charge is 0.379 e. The van der Waals surface area contributed by atoms with Gasteiger partial charge in [0.25, 0.3) is 5.91 Å². The summed E-state index contributed by atoms with van der Waals surface area (Å²) >= 11 is 0. The van der Waals surface area contributed by atoms with Crippen LogP contribution in [0.15, 0.2) is 30.5 Å². The summed E-state index contributed by atoms with van der Waals surface area (Å²) in [6.07, 6.45) is 1.64. The van der Waals surface area contributed by atoms with E-state index >= 15 is 0 Å². The van der Waals surface area contributed by atoms with Crippen molar-refractivity contribution in [1.82, 2.24) is 20.0 Å². The minimum absolute atomic E-state index is 0.0703. The summed E-state index contributed by atoms with van der Waals surface area (Å²) in [5.41, 5.74) is 3.63. The van der Waals surface area contributed by atoms with Crippen LogP contribution in [-0.4, -0.2) is 60.0 Å². The van der Waals surface area contributed by atoms with Crippen LogP contribution in [0.4, 0.5) is 0 Å². The van der Waals surface area contributed by atoms with Crippen LogP contribution in [0.3, 0.4) is 0 Å². The number of carbonyl (C=O) groups excluding carboxylic acids is 1. The Bertz CT molecular complexity index is 688. The lowest BCUT2D eigenvalue weighted by Gasteiger charge is -2.26. The van der Waals surface area contributed by atoms with Crippen molar-refractivity contribution in [2.75, 3.05) is 39.4 Å². The molecule has 0 radical (unpaired) electrons. The molecule has 2 heterocycles. The van der Waals surface area contributed by atoms with Gasteiger partial charge < -0.3 is 10.1 Å². The molecular weight excluding hydrogens is 304 g/mol. The number of morpholine rings is 1. The number of aryl methyl sites for hydroxylation is 1. The van der Waals surface area contributed by atoms with Crippen molar-refractivity contribution in [2.45, 2.75) is 13.8 Å². The van der Waals surface area contributed by atoms with Crippen LogP contribution >= 0.6 is 0 Å². The van der Waals surface area contributed by atoms with Gasteiger partial charge in [-0.25, -0.2) is 4.68 Å². The van der Waals surface area contributed by atoms with Crippen LogP contribution in [-0.2, 0) is 4.74 Å². The van der Waals surface area contributed by atoms with Gasteiger partial charge in [-0.05, 0) is 26.0 Å². The third-order valence-electron chi connectivity index (χ3n) is 4.35. The first-order chi connectivity index (χ1) is 11.6. The number of ether oxygens (including phenoxy) is 1. The first kappa shape index (κ1) is 16.7. The Labute approximate surface area is 142 Å². The van der Waals surface area contributed by atoms with Crippen LogP contribution in [0.2, 0.25) is 0 Å². The molecule has 3 rings (SSSR count). The summed E-state index contributed by atoms with van der Waals surface area (Å²) in [7, 11) is 0. The quantitative estimate of drug-likeness (QED) is 0.905. The summed E-state index contributed by atoms with van der Waals surface area (Å²) in [5.74, 6) is -0.0703. The van der Waals surface area contributed by atoms with E-state index in [-0.39, 0.29) is 5.91 Å². The molecule has 1 saturated heterocycles. The second kappa shape index (κ2) is 7.59. The normalized spacial score (nSPS) is 15.4. The van der Waals surface area contributed by atoms with Gasteiger partial charge in [-0.15, -0.1) is 0 Å². The Kier molecular flexibility index (Phi) is 5.27. The maximum absolute atomic E-state index is 12.4. The smallest absolute Gasteiger partial charge is 0.254 e. The van der Waals surface area contributed by atoms with Crippen molar-refractivity contribution < 1.29 is 9.53 Å². The molecule has 24 heavy (non-hydrogen) atoms. The van der Waals surface area contributed by atoms with Gasteiger partial charge in [-0.1, -0.05) is 17.7 Å². The zero-order valence-electron chi connectivity index (χ0n) is 14.3. The fourth-order valence-electron chi connectivity index (χ4n) is 2.83. The number of nitrogens with zero attached hydrogens (tertiary/aromatic N) is 3. The molecule has 1 aliphatic rings. The summed E-state index contributed by atoms with van der Waals surface area (Å²) in [6.45, 7) is 8.86. The molecule has 1 aliphatic heterocycles. The zero-order valence-corrected chi connectivity index (χ0v) is 14.3. The van der Waals surface area contributed by atoms with Gasteiger partial charge in [0.1, 0.15) is 0 Å². The van der Waals surface area contributed by atoms with Gasteiger partial charge in [0.15, 0.2) is 0 Å². The second-order valence-electron chi connectivity index (χ2n) is 6.10. The van der Waals surface area contributed by atoms with E-state index in [0.717, 1.165) is 44.2 Å². The molecule has 1 N–H and O–H groups in total. The third-order valence-corrected chi connectivity index (χ3v) is 4.35. The summed E-state index contributed by atoms with van der Waals surface area (Å²) in [4.78, 5) is 14.7. The Morgan fingerprint density at radius 2 is 1.92 bits per heavy atom. The molecule has 6 nitrogen and oxygen atoms in total. The average molecular weight is 328 g/mol. The predicted octanol–water partition coefficient (Wildman–Crippen LogP) is 1.55. The van der Waals surface area contributed by atoms with Crippen LogP contribution in [0.25, 0.3) is 5.69 Å². The molecule has 0 aliphatic carbocycles. The molecule has 0 atom stereocenters. The lowest BCUT2D eigenvalue weighted by atomic mass is 10.2. The van der Waals surface area contributed by atoms with E-state index in [1.165, 1.54) is 5.56 Å². The zero-order chi connectivity index (χ0) is 16.9. The minimum Gasteiger partial charge on any atom is -0.379 e. The first-order valence-electron chi connectivity index (χ1n) is 8.35. The van der Waals surface area contributed by atoms with Crippen LogP contribution in [0, 0.1) is 13.8 Å². The highest BCUT2D eigenvalue weighted by molar-refractivity contribution is 5.95. The molecule has 2 aromatic rings. The van der Waals surface area contributed by atoms with E-state index in [9.17, 15) is 4.79 Å². The average Bonchev–Trinajstić information content (AvgIpc) is 2.98. The fourth-order valence-corrected chi connectivity index (χ4v) is 2.83. The molecule has 1 aromatic carbocycles. The highest BCUT2D eigenvalue weighted by atomic mass is 16.5. The standard InChI is InChI=1S/C18H24N4O2/c1-14-3-5-16(6-4-14)22-15(2)17(13-20-22)18(23)19-7-8-21-9-11-24-12-10-21/h3-6,13H,7-12H2,1-2H3,(H,19,23). The highest BCUT2D eigenvalue weighted by Crippen LogP contribution is 2.14. The number of nitrogens with one attached hydrogen (secondary N) is 1. The van der Waals surface area contributed by atoms with Crippen LogP contribution < -0.4 is 5.32 Å². The van der Waals surface area contributed by atoms with Crippen LogP contribution in [0.1, 0.15) is 21.6 Å². The minimum atomic E-state index is -0.0703. The molecule has 1 fully saturated rings. The number of carbonyl (C=O) groups is 1. The van der Waals surface area contributed by atoms with E-state index < -0.39 is 0 Å². The Hall–Kier alpha value is -2.18. The topological polar surface area (TPSA) is 59.4 Å². The highest BCUT2D eigenvalue weighted by Gasteiger charge is 2.16. The molecule has 0 unspecified atom stereocenters. The monoisotopic (exact) mass is 328 g/mol. The van der Waals surface area contributed by atoms with Crippen molar-refractivity contribution in [3.63, 3.8) is 0 Å². The summed E-state index contributed by atoms with van der Waals surface area (Å²) in [6, 6.07) is 8.10.